The number of rotatable bonds is 2. The van der Waals surface area contributed by atoms with Gasteiger partial charge in [0.15, 0.2) is 0 Å². The number of aromatic nitrogens is 1. The molecule has 50 valence electrons. The maximum absolute atomic E-state index is 11.4. The summed E-state index contributed by atoms with van der Waals surface area (Å²) in [4.78, 5) is 2.61. The molecule has 0 aromatic carbocycles. The van der Waals surface area contributed by atoms with Crippen molar-refractivity contribution in [3.63, 3.8) is 0 Å². The van der Waals surface area contributed by atoms with Gasteiger partial charge in [0, 0.05) is 6.20 Å². The van der Waals surface area contributed by atoms with Crippen LogP contribution >= 0.6 is 11.6 Å². The number of H-pyrrole nitrogens is 1. The standard InChI is InChI=1S/C5H5ClFNO/c6-4-1-2-8-5(4)9-3-7/h1-2,8H,3H2. The lowest BCUT2D eigenvalue weighted by Crippen LogP contribution is -1.89. The first-order valence-corrected chi connectivity index (χ1v) is 2.74. The monoisotopic (exact) mass is 149 g/mol. The number of aromatic amines is 1. The topological polar surface area (TPSA) is 25.0 Å². The van der Waals surface area contributed by atoms with Crippen molar-refractivity contribution in [3.05, 3.63) is 17.3 Å². The first-order valence-electron chi connectivity index (χ1n) is 2.36. The molecular weight excluding hydrogens is 145 g/mol. The van der Waals surface area contributed by atoms with Crippen molar-refractivity contribution in [2.24, 2.45) is 0 Å². The van der Waals surface area contributed by atoms with Gasteiger partial charge in [0.2, 0.25) is 12.7 Å². The van der Waals surface area contributed by atoms with Crippen LogP contribution in [0.3, 0.4) is 0 Å². The number of hydrogen-bond donors (Lipinski definition) is 1. The van der Waals surface area contributed by atoms with E-state index in [1.165, 1.54) is 0 Å². The van der Waals surface area contributed by atoms with Crippen molar-refractivity contribution in [2.45, 2.75) is 0 Å². The average Bonchev–Trinajstić information content (AvgIpc) is 2.18. The van der Waals surface area contributed by atoms with E-state index in [9.17, 15) is 4.39 Å². The number of hydrogen-bond acceptors (Lipinski definition) is 1. The predicted octanol–water partition coefficient (Wildman–Crippen LogP) is 1.97. The molecule has 1 N–H and O–H groups in total. The first kappa shape index (κ1) is 6.42. The molecule has 0 bridgehead atoms. The van der Waals surface area contributed by atoms with Crippen molar-refractivity contribution in [1.82, 2.24) is 4.98 Å². The summed E-state index contributed by atoms with van der Waals surface area (Å²) in [5.41, 5.74) is 0. The maximum atomic E-state index is 11.4. The van der Waals surface area contributed by atoms with E-state index in [1.54, 1.807) is 12.3 Å². The van der Waals surface area contributed by atoms with Gasteiger partial charge in [-0.1, -0.05) is 11.6 Å². The zero-order valence-electron chi connectivity index (χ0n) is 4.53. The Morgan fingerprint density at radius 2 is 2.56 bits per heavy atom. The summed E-state index contributed by atoms with van der Waals surface area (Å²) < 4.78 is 15.9. The van der Waals surface area contributed by atoms with Crippen LogP contribution < -0.4 is 4.74 Å². The van der Waals surface area contributed by atoms with Gasteiger partial charge >= 0.3 is 0 Å². The highest BCUT2D eigenvalue weighted by atomic mass is 35.5. The van der Waals surface area contributed by atoms with Crippen molar-refractivity contribution in [3.8, 4) is 5.88 Å². The van der Waals surface area contributed by atoms with Gasteiger partial charge in [0.25, 0.3) is 0 Å². The quantitative estimate of drug-likeness (QED) is 0.684. The fourth-order valence-electron chi connectivity index (χ4n) is 0.500. The van der Waals surface area contributed by atoms with E-state index >= 15 is 0 Å². The van der Waals surface area contributed by atoms with Crippen LogP contribution in [0.4, 0.5) is 4.39 Å². The van der Waals surface area contributed by atoms with Gasteiger partial charge in [-0.2, -0.15) is 0 Å². The molecule has 0 radical (unpaired) electrons. The second kappa shape index (κ2) is 2.73. The summed E-state index contributed by atoms with van der Waals surface area (Å²) in [6, 6.07) is 1.59. The molecule has 1 rings (SSSR count). The molecule has 0 aliphatic rings. The van der Waals surface area contributed by atoms with Gasteiger partial charge in [-0.3, -0.25) is 0 Å². The number of alkyl halides is 1. The van der Waals surface area contributed by atoms with Gasteiger partial charge in [-0.25, -0.2) is 4.39 Å². The summed E-state index contributed by atoms with van der Waals surface area (Å²) in [5, 5.41) is 0.396. The molecule has 0 fully saturated rings. The summed E-state index contributed by atoms with van der Waals surface area (Å²) in [5.74, 6) is 0.277. The Labute approximate surface area is 56.6 Å². The molecule has 0 amide bonds. The Morgan fingerprint density at radius 1 is 1.78 bits per heavy atom. The summed E-state index contributed by atoms with van der Waals surface area (Å²) in [6.07, 6.45) is 1.58. The molecule has 1 aromatic rings. The highest BCUT2D eigenvalue weighted by Gasteiger charge is 1.98. The normalized spacial score (nSPS) is 9.56. The predicted molar refractivity (Wildman–Crippen MR) is 32.4 cm³/mol. The van der Waals surface area contributed by atoms with Crippen LogP contribution in [0.2, 0.25) is 5.02 Å². The van der Waals surface area contributed by atoms with Crippen LogP contribution in [0.5, 0.6) is 5.88 Å². The minimum Gasteiger partial charge on any atom is -0.446 e. The molecule has 0 saturated carbocycles. The lowest BCUT2D eigenvalue weighted by Gasteiger charge is -1.94. The Bertz CT molecular complexity index is 189. The van der Waals surface area contributed by atoms with Crippen molar-refractivity contribution in [1.29, 1.82) is 0 Å². The van der Waals surface area contributed by atoms with Gasteiger partial charge < -0.3 is 9.72 Å². The van der Waals surface area contributed by atoms with E-state index in [2.05, 4.69) is 9.72 Å². The highest BCUT2D eigenvalue weighted by molar-refractivity contribution is 6.31. The third kappa shape index (κ3) is 1.36. The Hall–Kier alpha value is -0.700. The molecule has 2 nitrogen and oxygen atoms in total. The third-order valence-corrected chi connectivity index (χ3v) is 1.16. The zero-order valence-corrected chi connectivity index (χ0v) is 5.28. The van der Waals surface area contributed by atoms with Gasteiger partial charge in [0.05, 0.1) is 0 Å². The number of halogens is 2. The smallest absolute Gasteiger partial charge is 0.230 e. The number of nitrogens with one attached hydrogen (secondary N) is 1. The summed E-state index contributed by atoms with van der Waals surface area (Å²) >= 11 is 5.50. The second-order valence-electron chi connectivity index (χ2n) is 1.41. The second-order valence-corrected chi connectivity index (χ2v) is 1.82. The van der Waals surface area contributed by atoms with E-state index in [4.69, 9.17) is 11.6 Å². The molecule has 0 atom stereocenters. The largest absolute Gasteiger partial charge is 0.446 e. The molecule has 0 spiro atoms. The van der Waals surface area contributed by atoms with Crippen LogP contribution in [0.15, 0.2) is 12.3 Å². The molecule has 0 saturated heterocycles. The molecule has 1 aromatic heterocycles. The van der Waals surface area contributed by atoms with E-state index in [1.807, 2.05) is 0 Å². The van der Waals surface area contributed by atoms with Crippen molar-refractivity contribution in [2.75, 3.05) is 6.86 Å². The molecule has 9 heavy (non-hydrogen) atoms. The molecule has 0 aliphatic heterocycles. The molecular formula is C5H5ClFNO. The minimum atomic E-state index is -0.861. The highest BCUT2D eigenvalue weighted by Crippen LogP contribution is 2.20. The van der Waals surface area contributed by atoms with Crippen LogP contribution in [0.1, 0.15) is 0 Å². The summed E-state index contributed by atoms with van der Waals surface area (Å²) in [7, 11) is 0. The maximum Gasteiger partial charge on any atom is 0.230 e. The van der Waals surface area contributed by atoms with E-state index < -0.39 is 6.86 Å². The lowest BCUT2D eigenvalue weighted by molar-refractivity contribution is 0.186. The Kier molecular flexibility index (Phi) is 1.95. The molecule has 4 heteroatoms. The Morgan fingerprint density at radius 3 is 3.00 bits per heavy atom. The van der Waals surface area contributed by atoms with Gasteiger partial charge in [-0.05, 0) is 6.07 Å². The van der Waals surface area contributed by atoms with Crippen molar-refractivity contribution < 1.29 is 9.13 Å². The van der Waals surface area contributed by atoms with E-state index in [-0.39, 0.29) is 5.88 Å². The van der Waals surface area contributed by atoms with Crippen molar-refractivity contribution >= 4 is 11.6 Å². The number of ether oxygens (including phenoxy) is 1. The Balaban J connectivity index is 2.69. The first-order chi connectivity index (χ1) is 4.34. The van der Waals surface area contributed by atoms with Gasteiger partial charge in [-0.15, -0.1) is 0 Å². The SMILES string of the molecule is FCOc1[nH]ccc1Cl. The van der Waals surface area contributed by atoms with E-state index in [0.717, 1.165) is 0 Å². The van der Waals surface area contributed by atoms with Crippen LogP contribution in [-0.4, -0.2) is 11.8 Å². The third-order valence-electron chi connectivity index (χ3n) is 0.860. The minimum absolute atomic E-state index is 0.277. The summed E-state index contributed by atoms with van der Waals surface area (Å²) in [6.45, 7) is -0.861. The lowest BCUT2D eigenvalue weighted by atomic mass is 10.6. The molecule has 1 heterocycles. The zero-order chi connectivity index (χ0) is 6.69. The molecule has 0 aliphatic carbocycles. The fraction of sp³-hybridized carbons (Fsp3) is 0.200. The van der Waals surface area contributed by atoms with E-state index in [0.29, 0.717) is 5.02 Å². The van der Waals surface area contributed by atoms with Crippen LogP contribution in [0, 0.1) is 0 Å². The van der Waals surface area contributed by atoms with Gasteiger partial charge in [0.1, 0.15) is 5.02 Å². The van der Waals surface area contributed by atoms with Crippen LogP contribution in [-0.2, 0) is 0 Å². The van der Waals surface area contributed by atoms with Crippen LogP contribution in [0.25, 0.3) is 0 Å². The molecule has 0 unspecified atom stereocenters. The average molecular weight is 150 g/mol. The fourth-order valence-corrected chi connectivity index (χ4v) is 0.672.